The molecule has 2 heterocycles. The number of hydrogen-bond donors (Lipinski definition) is 1. The van der Waals surface area contributed by atoms with Gasteiger partial charge in [-0.3, -0.25) is 4.79 Å². The number of ether oxygens (including phenoxy) is 3. The third kappa shape index (κ3) is 7.20. The molecule has 2 atom stereocenters. The SMILES string of the molecule is CC(=O)Nc1cccc(OCC2COC(CCc3ccc(Cl)cc3)(Cn3ccnc3)O2)c1.Cl. The van der Waals surface area contributed by atoms with Crippen molar-refractivity contribution in [3.63, 3.8) is 0 Å². The summed E-state index contributed by atoms with van der Waals surface area (Å²) in [7, 11) is 0. The van der Waals surface area contributed by atoms with Gasteiger partial charge in [0.2, 0.25) is 5.91 Å². The normalized spacial score (nSPS) is 19.6. The maximum atomic E-state index is 11.3. The topological polar surface area (TPSA) is 74.6 Å². The van der Waals surface area contributed by atoms with Crippen molar-refractivity contribution < 1.29 is 19.0 Å². The van der Waals surface area contributed by atoms with E-state index in [0.29, 0.717) is 37.6 Å². The fourth-order valence-corrected chi connectivity index (χ4v) is 3.82. The van der Waals surface area contributed by atoms with Crippen molar-refractivity contribution in [1.82, 2.24) is 9.55 Å². The van der Waals surface area contributed by atoms with E-state index in [1.807, 2.05) is 53.2 Å². The van der Waals surface area contributed by atoms with E-state index in [1.54, 1.807) is 18.6 Å². The number of benzene rings is 2. The average Bonchev–Trinajstić information content (AvgIpc) is 3.42. The highest BCUT2D eigenvalue weighted by Gasteiger charge is 2.42. The highest BCUT2D eigenvalue weighted by Crippen LogP contribution is 2.31. The molecule has 0 aliphatic carbocycles. The summed E-state index contributed by atoms with van der Waals surface area (Å²) in [5.41, 5.74) is 1.86. The number of carbonyl (C=O) groups excluding carboxylic acids is 1. The van der Waals surface area contributed by atoms with Gasteiger partial charge in [0.1, 0.15) is 18.5 Å². The predicted molar refractivity (Wildman–Crippen MR) is 129 cm³/mol. The van der Waals surface area contributed by atoms with E-state index in [4.69, 9.17) is 25.8 Å². The van der Waals surface area contributed by atoms with E-state index in [-0.39, 0.29) is 24.4 Å². The number of nitrogens with one attached hydrogen (secondary N) is 1. The number of halogens is 2. The molecular weight excluding hydrogens is 465 g/mol. The Morgan fingerprint density at radius 3 is 2.85 bits per heavy atom. The lowest BCUT2D eigenvalue weighted by Crippen LogP contribution is -2.37. The van der Waals surface area contributed by atoms with Crippen molar-refractivity contribution >= 4 is 35.6 Å². The Bertz CT molecular complexity index is 1030. The van der Waals surface area contributed by atoms with Crippen molar-refractivity contribution in [2.75, 3.05) is 18.5 Å². The van der Waals surface area contributed by atoms with E-state index in [2.05, 4.69) is 10.3 Å². The van der Waals surface area contributed by atoms with Gasteiger partial charge in [-0.15, -0.1) is 12.4 Å². The summed E-state index contributed by atoms with van der Waals surface area (Å²) in [6, 6.07) is 15.1. The lowest BCUT2D eigenvalue weighted by atomic mass is 10.0. The van der Waals surface area contributed by atoms with Crippen LogP contribution in [-0.4, -0.2) is 40.6 Å². The summed E-state index contributed by atoms with van der Waals surface area (Å²) in [5.74, 6) is -0.236. The van der Waals surface area contributed by atoms with Crippen LogP contribution in [0.3, 0.4) is 0 Å². The van der Waals surface area contributed by atoms with Crippen LogP contribution < -0.4 is 10.1 Å². The maximum absolute atomic E-state index is 11.3. The van der Waals surface area contributed by atoms with Gasteiger partial charge in [-0.2, -0.15) is 0 Å². The third-order valence-electron chi connectivity index (χ3n) is 5.19. The molecule has 176 valence electrons. The van der Waals surface area contributed by atoms with Crippen molar-refractivity contribution in [3.8, 4) is 5.75 Å². The number of hydrogen-bond acceptors (Lipinski definition) is 5. The summed E-state index contributed by atoms with van der Waals surface area (Å²) in [5, 5.41) is 3.47. The molecule has 33 heavy (non-hydrogen) atoms. The Kier molecular flexibility index (Phi) is 8.74. The first-order valence-corrected chi connectivity index (χ1v) is 10.9. The molecule has 2 unspecified atom stereocenters. The van der Waals surface area contributed by atoms with Gasteiger partial charge in [0, 0.05) is 42.5 Å². The fourth-order valence-electron chi connectivity index (χ4n) is 3.69. The van der Waals surface area contributed by atoms with Crippen LogP contribution in [0, 0.1) is 0 Å². The highest BCUT2D eigenvalue weighted by molar-refractivity contribution is 6.30. The van der Waals surface area contributed by atoms with Crippen LogP contribution in [0.15, 0.2) is 67.3 Å². The van der Waals surface area contributed by atoms with Crippen LogP contribution in [0.2, 0.25) is 5.02 Å². The number of nitrogens with zero attached hydrogens (tertiary/aromatic N) is 2. The Morgan fingerprint density at radius 1 is 1.30 bits per heavy atom. The molecule has 9 heteroatoms. The van der Waals surface area contributed by atoms with Gasteiger partial charge in [0.05, 0.1) is 19.5 Å². The predicted octanol–water partition coefficient (Wildman–Crippen LogP) is 4.74. The molecule has 1 aliphatic rings. The summed E-state index contributed by atoms with van der Waals surface area (Å²) < 4.78 is 20.5. The lowest BCUT2D eigenvalue weighted by Gasteiger charge is -2.28. The first-order chi connectivity index (χ1) is 15.5. The summed E-state index contributed by atoms with van der Waals surface area (Å²) in [4.78, 5) is 15.4. The number of carbonyl (C=O) groups is 1. The molecular formula is C24H27Cl2N3O4. The zero-order valence-electron chi connectivity index (χ0n) is 18.3. The number of imidazole rings is 1. The van der Waals surface area contributed by atoms with Crippen LogP contribution in [0.4, 0.5) is 5.69 Å². The Balaban J connectivity index is 0.00000306. The second-order valence-corrected chi connectivity index (χ2v) is 8.28. The molecule has 0 spiro atoms. The molecule has 1 aliphatic heterocycles. The van der Waals surface area contributed by atoms with Crippen molar-refractivity contribution in [2.45, 2.75) is 38.2 Å². The number of amides is 1. The van der Waals surface area contributed by atoms with Crippen LogP contribution in [0.5, 0.6) is 5.75 Å². The number of rotatable bonds is 9. The minimum Gasteiger partial charge on any atom is -0.491 e. The van der Waals surface area contributed by atoms with E-state index in [0.717, 1.165) is 11.4 Å². The second-order valence-electron chi connectivity index (χ2n) is 7.84. The maximum Gasteiger partial charge on any atom is 0.221 e. The van der Waals surface area contributed by atoms with E-state index in [1.165, 1.54) is 12.5 Å². The molecule has 0 radical (unpaired) electrons. The molecule has 0 saturated carbocycles. The molecule has 1 saturated heterocycles. The first kappa shape index (κ1) is 25.1. The fraction of sp³-hybridized carbons (Fsp3) is 0.333. The van der Waals surface area contributed by atoms with E-state index >= 15 is 0 Å². The summed E-state index contributed by atoms with van der Waals surface area (Å²) >= 11 is 6.01. The van der Waals surface area contributed by atoms with E-state index < -0.39 is 5.79 Å². The van der Waals surface area contributed by atoms with Crippen molar-refractivity contribution in [3.05, 3.63) is 77.8 Å². The molecule has 1 N–H and O–H groups in total. The van der Waals surface area contributed by atoms with Gasteiger partial charge in [-0.05, 0) is 36.2 Å². The molecule has 0 bridgehead atoms. The monoisotopic (exact) mass is 491 g/mol. The van der Waals surface area contributed by atoms with Gasteiger partial charge in [-0.25, -0.2) is 4.98 Å². The Hall–Kier alpha value is -2.58. The molecule has 1 aromatic heterocycles. The largest absolute Gasteiger partial charge is 0.491 e. The van der Waals surface area contributed by atoms with Crippen LogP contribution >= 0.6 is 24.0 Å². The summed E-state index contributed by atoms with van der Waals surface area (Å²) in [6.07, 6.45) is 6.65. The average molecular weight is 492 g/mol. The minimum absolute atomic E-state index is 0. The number of aromatic nitrogens is 2. The molecule has 1 fully saturated rings. The zero-order valence-corrected chi connectivity index (χ0v) is 19.8. The van der Waals surface area contributed by atoms with Crippen molar-refractivity contribution in [1.29, 1.82) is 0 Å². The van der Waals surface area contributed by atoms with Crippen LogP contribution in [0.25, 0.3) is 0 Å². The molecule has 3 aromatic rings. The first-order valence-electron chi connectivity index (χ1n) is 10.5. The second kappa shape index (κ2) is 11.5. The lowest BCUT2D eigenvalue weighted by molar-refractivity contribution is -0.184. The Labute approximate surface area is 204 Å². The Morgan fingerprint density at radius 2 is 2.12 bits per heavy atom. The van der Waals surface area contributed by atoms with Crippen molar-refractivity contribution in [2.24, 2.45) is 0 Å². The smallest absolute Gasteiger partial charge is 0.221 e. The highest BCUT2D eigenvalue weighted by atomic mass is 35.5. The van der Waals surface area contributed by atoms with Gasteiger partial charge in [-0.1, -0.05) is 29.8 Å². The van der Waals surface area contributed by atoms with Crippen LogP contribution in [-0.2, 0) is 27.2 Å². The standard InChI is InChI=1S/C24H26ClN3O4.ClH/c1-18(29)27-21-3-2-4-22(13-21)30-14-23-15-31-24(32-23,16-28-12-11-26-17-28)10-9-19-5-7-20(25)8-6-19;/h2-8,11-13,17,23H,9-10,14-16H2,1H3,(H,27,29);1H. The van der Waals surface area contributed by atoms with Crippen LogP contribution in [0.1, 0.15) is 18.9 Å². The number of aryl methyl sites for hydroxylation is 1. The molecule has 4 rings (SSSR count). The van der Waals surface area contributed by atoms with Gasteiger partial charge < -0.3 is 24.1 Å². The minimum atomic E-state index is -0.771. The zero-order chi connectivity index (χ0) is 22.4. The quantitative estimate of drug-likeness (QED) is 0.467. The van der Waals surface area contributed by atoms with Gasteiger partial charge in [0.25, 0.3) is 0 Å². The molecule has 2 aromatic carbocycles. The van der Waals surface area contributed by atoms with Gasteiger partial charge >= 0.3 is 0 Å². The summed E-state index contributed by atoms with van der Waals surface area (Å²) in [6.45, 7) is 2.78. The third-order valence-corrected chi connectivity index (χ3v) is 5.45. The number of anilines is 1. The molecule has 1 amide bonds. The molecule has 7 nitrogen and oxygen atoms in total. The van der Waals surface area contributed by atoms with E-state index in [9.17, 15) is 4.79 Å². The van der Waals surface area contributed by atoms with Gasteiger partial charge in [0.15, 0.2) is 5.79 Å².